The number of likely N-dealkylation sites (N-methyl/N-ethyl adjacent to an activating group) is 1. The predicted octanol–water partition coefficient (Wildman–Crippen LogP) is 2.90. The summed E-state index contributed by atoms with van der Waals surface area (Å²) in [6, 6.07) is 4.56. The summed E-state index contributed by atoms with van der Waals surface area (Å²) in [7, 11) is 2.92. The summed E-state index contributed by atoms with van der Waals surface area (Å²) in [5.41, 5.74) is 3.85. The number of nitrogens with one attached hydrogen (secondary N) is 1. The molecule has 2 aromatic carbocycles. The maximum absolute atomic E-state index is 15.7. The molecule has 3 aromatic rings. The van der Waals surface area contributed by atoms with Crippen molar-refractivity contribution >= 4 is 44.4 Å². The van der Waals surface area contributed by atoms with Crippen LogP contribution >= 0.6 is 0 Å². The fourth-order valence-corrected chi connectivity index (χ4v) is 8.78. The van der Waals surface area contributed by atoms with Crippen LogP contribution in [0.2, 0.25) is 0 Å². The molecule has 51 heavy (non-hydrogen) atoms. The lowest BCUT2D eigenvalue weighted by molar-refractivity contribution is 0.0727. The molecule has 1 aromatic heterocycles. The molecule has 15 heteroatoms. The van der Waals surface area contributed by atoms with E-state index in [9.17, 15) is 22.8 Å². The summed E-state index contributed by atoms with van der Waals surface area (Å²) in [5.74, 6) is -2.62. The lowest BCUT2D eigenvalue weighted by Crippen LogP contribution is -2.53. The maximum atomic E-state index is 15.7. The van der Waals surface area contributed by atoms with E-state index in [1.807, 2.05) is 11.6 Å². The Hall–Kier alpha value is -4.05. The van der Waals surface area contributed by atoms with Gasteiger partial charge in [0.25, 0.3) is 11.8 Å². The first-order valence-corrected chi connectivity index (χ1v) is 18.9. The average molecular weight is 727 g/mol. The number of amides is 2. The zero-order chi connectivity index (χ0) is 36.8. The maximum Gasteiger partial charge on any atom is 0.341 e. The topological polar surface area (TPSA) is 136 Å². The van der Waals surface area contributed by atoms with Crippen molar-refractivity contribution in [1.82, 2.24) is 18.8 Å². The van der Waals surface area contributed by atoms with Gasteiger partial charge in [0, 0.05) is 77.1 Å². The second-order valence-corrected chi connectivity index (χ2v) is 15.6. The molecule has 2 fully saturated rings. The molecule has 13 nitrogen and oxygen atoms in total. The Morgan fingerprint density at radius 1 is 1.06 bits per heavy atom. The highest BCUT2D eigenvalue weighted by molar-refractivity contribution is 7.87. The molecule has 1 atom stereocenters. The lowest BCUT2D eigenvalue weighted by atomic mass is 9.91. The van der Waals surface area contributed by atoms with Crippen molar-refractivity contribution in [1.29, 1.82) is 0 Å². The standard InChI is InChI=1S/C36H47FN6O7S/c1-7-23-16-30(41-15-14-40(5)24(19-41)21-49-6)22(2)33-32(23)25-10-13-42(20-28(25)36(46)50-33)35(45)26-18-31(39(3)4)27(17-29(26)37)34(44)38-51(47,48)43-11-8-9-12-43/h16-18,24H,7-15,19-21H2,1-6H3,(H,38,44)/t24-/m1/s1. The number of benzene rings is 2. The molecule has 2 saturated heterocycles. The van der Waals surface area contributed by atoms with Crippen LogP contribution in [0.3, 0.4) is 0 Å². The number of fused-ring (bicyclic) bond motifs is 3. The van der Waals surface area contributed by atoms with E-state index in [0.717, 1.165) is 53.5 Å². The summed E-state index contributed by atoms with van der Waals surface area (Å²) < 4.78 is 55.9. The van der Waals surface area contributed by atoms with E-state index in [2.05, 4.69) is 29.8 Å². The van der Waals surface area contributed by atoms with Crippen molar-refractivity contribution in [2.45, 2.75) is 52.1 Å². The molecule has 276 valence electrons. The van der Waals surface area contributed by atoms with Crippen LogP contribution in [-0.2, 0) is 34.3 Å². The molecule has 4 heterocycles. The van der Waals surface area contributed by atoms with Gasteiger partial charge < -0.3 is 23.9 Å². The Bertz CT molecular complexity index is 2030. The van der Waals surface area contributed by atoms with Gasteiger partial charge in [-0.2, -0.15) is 12.7 Å². The van der Waals surface area contributed by atoms with Gasteiger partial charge in [-0.3, -0.25) is 14.5 Å². The first-order valence-electron chi connectivity index (χ1n) is 17.4. The van der Waals surface area contributed by atoms with Crippen molar-refractivity contribution in [3.05, 3.63) is 67.8 Å². The second kappa shape index (κ2) is 14.5. The first-order chi connectivity index (χ1) is 24.2. The minimum absolute atomic E-state index is 0.0688. The van der Waals surface area contributed by atoms with Crippen LogP contribution in [0.5, 0.6) is 0 Å². The zero-order valence-electron chi connectivity index (χ0n) is 30.2. The largest absolute Gasteiger partial charge is 0.422 e. The van der Waals surface area contributed by atoms with Gasteiger partial charge in [0.2, 0.25) is 0 Å². The molecule has 0 radical (unpaired) electrons. The Kier molecular flexibility index (Phi) is 10.5. The van der Waals surface area contributed by atoms with Gasteiger partial charge >= 0.3 is 15.8 Å². The van der Waals surface area contributed by atoms with Gasteiger partial charge in [-0.25, -0.2) is 13.9 Å². The number of carbonyl (C=O) groups excluding carboxylic acids is 2. The molecule has 0 bridgehead atoms. The van der Waals surface area contributed by atoms with E-state index in [4.69, 9.17) is 9.15 Å². The summed E-state index contributed by atoms with van der Waals surface area (Å²) in [4.78, 5) is 48.2. The van der Waals surface area contributed by atoms with E-state index in [0.29, 0.717) is 56.5 Å². The highest BCUT2D eigenvalue weighted by atomic mass is 32.2. The number of aryl methyl sites for hydroxylation is 2. The van der Waals surface area contributed by atoms with E-state index in [1.165, 1.54) is 20.2 Å². The molecule has 0 spiro atoms. The Morgan fingerprint density at radius 3 is 2.45 bits per heavy atom. The van der Waals surface area contributed by atoms with Crippen LogP contribution in [0.1, 0.15) is 62.7 Å². The molecule has 1 N–H and O–H groups in total. The van der Waals surface area contributed by atoms with Crippen molar-refractivity contribution in [3.63, 3.8) is 0 Å². The van der Waals surface area contributed by atoms with Gasteiger partial charge in [-0.15, -0.1) is 0 Å². The first kappa shape index (κ1) is 36.7. The SMILES string of the molecule is CCc1cc(N2CCN(C)[C@@H](COC)C2)c(C)c2oc(=O)c3c(c12)CCN(C(=O)c1cc(N(C)C)c(C(=O)NS(=O)(=O)N2CCCC2)cc1F)C3. The van der Waals surface area contributed by atoms with E-state index >= 15 is 4.39 Å². The molecule has 0 aliphatic carbocycles. The number of halogens is 1. The predicted molar refractivity (Wildman–Crippen MR) is 193 cm³/mol. The number of anilines is 2. The van der Waals surface area contributed by atoms with Gasteiger partial charge in [0.1, 0.15) is 11.4 Å². The van der Waals surface area contributed by atoms with Crippen molar-refractivity contribution < 1.29 is 31.6 Å². The quantitative estimate of drug-likeness (QED) is 0.328. The number of hydrogen-bond acceptors (Lipinski definition) is 10. The number of nitrogens with zero attached hydrogens (tertiary/aromatic N) is 5. The third kappa shape index (κ3) is 6.96. The van der Waals surface area contributed by atoms with E-state index in [-0.39, 0.29) is 35.9 Å². The van der Waals surface area contributed by atoms with E-state index < -0.39 is 33.5 Å². The molecule has 3 aliphatic rings. The van der Waals surface area contributed by atoms with Crippen LogP contribution in [0.25, 0.3) is 11.0 Å². The highest BCUT2D eigenvalue weighted by Crippen LogP contribution is 2.37. The van der Waals surface area contributed by atoms with Crippen molar-refractivity contribution in [2.24, 2.45) is 0 Å². The number of piperazine rings is 1. The minimum Gasteiger partial charge on any atom is -0.422 e. The molecule has 2 amide bonds. The summed E-state index contributed by atoms with van der Waals surface area (Å²) in [5, 5.41) is 0.892. The Labute approximate surface area is 298 Å². The lowest BCUT2D eigenvalue weighted by Gasteiger charge is -2.41. The molecular formula is C36H47FN6O7S. The van der Waals surface area contributed by atoms with Crippen LogP contribution in [-0.4, -0.2) is 115 Å². The number of hydrogen-bond donors (Lipinski definition) is 1. The average Bonchev–Trinajstić information content (AvgIpc) is 3.66. The normalized spacial score (nSPS) is 18.7. The van der Waals surface area contributed by atoms with Crippen LogP contribution in [0.15, 0.2) is 27.4 Å². The van der Waals surface area contributed by atoms with Crippen LogP contribution in [0, 0.1) is 12.7 Å². The monoisotopic (exact) mass is 726 g/mol. The third-order valence-corrected chi connectivity index (χ3v) is 12.0. The van der Waals surface area contributed by atoms with Crippen LogP contribution < -0.4 is 20.1 Å². The summed E-state index contributed by atoms with van der Waals surface area (Å²) >= 11 is 0. The fraction of sp³-hybridized carbons (Fsp3) is 0.528. The molecule has 0 saturated carbocycles. The van der Waals surface area contributed by atoms with E-state index in [1.54, 1.807) is 21.2 Å². The van der Waals surface area contributed by atoms with Crippen molar-refractivity contribution in [2.75, 3.05) is 83.9 Å². The molecule has 3 aliphatic heterocycles. The van der Waals surface area contributed by atoms with Gasteiger partial charge in [-0.1, -0.05) is 6.92 Å². The number of carbonyl (C=O) groups is 2. The molecule has 6 rings (SSSR count). The zero-order valence-corrected chi connectivity index (χ0v) is 31.0. The smallest absolute Gasteiger partial charge is 0.341 e. The highest BCUT2D eigenvalue weighted by Gasteiger charge is 2.33. The number of methoxy groups -OCH3 is 1. The second-order valence-electron chi connectivity index (χ2n) is 13.9. The fourth-order valence-electron chi connectivity index (χ4n) is 7.57. The number of rotatable bonds is 9. The molecule has 0 unspecified atom stereocenters. The summed E-state index contributed by atoms with van der Waals surface area (Å²) in [6.45, 7) is 7.90. The van der Waals surface area contributed by atoms with Crippen LogP contribution in [0.4, 0.5) is 15.8 Å². The van der Waals surface area contributed by atoms with Gasteiger partial charge in [-0.05, 0) is 69.0 Å². The minimum atomic E-state index is -4.11. The van der Waals surface area contributed by atoms with Crippen molar-refractivity contribution in [3.8, 4) is 0 Å². The Balaban J connectivity index is 1.30. The molecular weight excluding hydrogens is 679 g/mol. The van der Waals surface area contributed by atoms with Gasteiger partial charge in [0.15, 0.2) is 0 Å². The summed E-state index contributed by atoms with van der Waals surface area (Å²) in [6.07, 6.45) is 2.46. The van der Waals surface area contributed by atoms with Gasteiger partial charge in [0.05, 0.1) is 41.6 Å². The third-order valence-electron chi connectivity index (χ3n) is 10.5. The number of ether oxygens (including phenoxy) is 1. The Morgan fingerprint density at radius 2 is 1.78 bits per heavy atom.